The number of hydrogen-bond acceptors (Lipinski definition) is 5. The molecule has 0 aliphatic heterocycles. The van der Waals surface area contributed by atoms with Crippen LogP contribution in [0.15, 0.2) is 54.6 Å². The summed E-state index contributed by atoms with van der Waals surface area (Å²) in [6.45, 7) is 3.94. The van der Waals surface area contributed by atoms with E-state index in [2.05, 4.69) is 20.6 Å². The second-order valence-corrected chi connectivity index (χ2v) is 7.19. The lowest BCUT2D eigenvalue weighted by Gasteiger charge is -2.20. The standard InChI is InChI=1S/C21H22ClFN4O/c1-13(2)19(12-28)26-21-25-17(14-6-4-3-5-7-14)11-20(27-21)24-18-10-15(22)8-9-16(18)23/h3-11,13,19,28H,12H2,1-2H3,(H2,24,25,26,27)/t19-/m0/s1. The lowest BCUT2D eigenvalue weighted by atomic mass is 10.1. The number of aromatic nitrogens is 2. The van der Waals surface area contributed by atoms with Crippen molar-refractivity contribution in [2.24, 2.45) is 5.92 Å². The summed E-state index contributed by atoms with van der Waals surface area (Å²) in [6.07, 6.45) is 0. The predicted molar refractivity (Wildman–Crippen MR) is 111 cm³/mol. The molecule has 0 aliphatic rings. The number of nitrogens with zero attached hydrogens (tertiary/aromatic N) is 2. The third kappa shape index (κ3) is 4.97. The fraction of sp³-hybridized carbons (Fsp3) is 0.238. The smallest absolute Gasteiger partial charge is 0.225 e. The van der Waals surface area contributed by atoms with Crippen LogP contribution in [0.25, 0.3) is 11.3 Å². The minimum Gasteiger partial charge on any atom is -0.394 e. The van der Waals surface area contributed by atoms with Gasteiger partial charge in [0.25, 0.3) is 0 Å². The Bertz CT molecular complexity index is 937. The second kappa shape index (κ2) is 8.99. The number of anilines is 3. The van der Waals surface area contributed by atoms with Crippen molar-refractivity contribution in [3.63, 3.8) is 0 Å². The molecule has 1 heterocycles. The van der Waals surface area contributed by atoms with E-state index in [9.17, 15) is 9.50 Å². The van der Waals surface area contributed by atoms with E-state index in [-0.39, 0.29) is 24.3 Å². The van der Waals surface area contributed by atoms with Crippen LogP contribution >= 0.6 is 11.6 Å². The van der Waals surface area contributed by atoms with Crippen molar-refractivity contribution in [2.45, 2.75) is 19.9 Å². The van der Waals surface area contributed by atoms with Crippen LogP contribution in [-0.2, 0) is 0 Å². The maximum atomic E-state index is 14.1. The van der Waals surface area contributed by atoms with E-state index in [1.165, 1.54) is 18.2 Å². The number of benzene rings is 2. The quantitative estimate of drug-likeness (QED) is 0.514. The van der Waals surface area contributed by atoms with Gasteiger partial charge in [0.2, 0.25) is 5.95 Å². The first-order valence-corrected chi connectivity index (χ1v) is 9.38. The highest BCUT2D eigenvalue weighted by molar-refractivity contribution is 6.30. The summed E-state index contributed by atoms with van der Waals surface area (Å²) >= 11 is 5.98. The second-order valence-electron chi connectivity index (χ2n) is 6.75. The largest absolute Gasteiger partial charge is 0.394 e. The molecule has 28 heavy (non-hydrogen) atoms. The SMILES string of the molecule is CC(C)[C@H](CO)Nc1nc(Nc2cc(Cl)ccc2F)cc(-c2ccccc2)n1. The van der Waals surface area contributed by atoms with E-state index >= 15 is 0 Å². The normalized spacial score (nSPS) is 12.1. The fourth-order valence-corrected chi connectivity index (χ4v) is 2.82. The van der Waals surface area contributed by atoms with E-state index in [0.29, 0.717) is 22.5 Å². The molecule has 7 heteroatoms. The van der Waals surface area contributed by atoms with Crippen LogP contribution in [0.3, 0.4) is 0 Å². The van der Waals surface area contributed by atoms with Crippen LogP contribution in [0.2, 0.25) is 5.02 Å². The molecule has 0 amide bonds. The highest BCUT2D eigenvalue weighted by Gasteiger charge is 2.15. The lowest BCUT2D eigenvalue weighted by molar-refractivity contribution is 0.248. The first-order valence-electron chi connectivity index (χ1n) is 9.00. The molecular weight excluding hydrogens is 379 g/mol. The molecule has 3 rings (SSSR count). The van der Waals surface area contributed by atoms with E-state index in [4.69, 9.17) is 11.6 Å². The van der Waals surface area contributed by atoms with Gasteiger partial charge in [0.1, 0.15) is 11.6 Å². The van der Waals surface area contributed by atoms with E-state index < -0.39 is 5.82 Å². The van der Waals surface area contributed by atoms with Gasteiger partial charge in [0.15, 0.2) is 0 Å². The highest BCUT2D eigenvalue weighted by atomic mass is 35.5. The monoisotopic (exact) mass is 400 g/mol. The predicted octanol–water partition coefficient (Wildman–Crippen LogP) is 5.11. The van der Waals surface area contributed by atoms with Crippen molar-refractivity contribution >= 4 is 29.1 Å². The maximum Gasteiger partial charge on any atom is 0.225 e. The van der Waals surface area contributed by atoms with Crippen molar-refractivity contribution in [1.82, 2.24) is 9.97 Å². The molecule has 0 spiro atoms. The Balaban J connectivity index is 2.00. The summed E-state index contributed by atoms with van der Waals surface area (Å²) < 4.78 is 14.1. The third-order valence-electron chi connectivity index (χ3n) is 4.30. The van der Waals surface area contributed by atoms with E-state index in [1.54, 1.807) is 6.07 Å². The summed E-state index contributed by atoms with van der Waals surface area (Å²) in [6, 6.07) is 15.4. The van der Waals surface area contributed by atoms with Gasteiger partial charge < -0.3 is 15.7 Å². The Morgan fingerprint density at radius 2 is 1.82 bits per heavy atom. The molecule has 2 aromatic carbocycles. The van der Waals surface area contributed by atoms with Gasteiger partial charge in [0.05, 0.1) is 24.0 Å². The number of aliphatic hydroxyl groups excluding tert-OH is 1. The molecule has 0 bridgehead atoms. The molecule has 0 saturated heterocycles. The minimum atomic E-state index is -0.436. The van der Waals surface area contributed by atoms with E-state index in [0.717, 1.165) is 5.56 Å². The fourth-order valence-electron chi connectivity index (χ4n) is 2.65. The molecule has 0 aliphatic carbocycles. The Kier molecular flexibility index (Phi) is 6.44. The van der Waals surface area contributed by atoms with Crippen molar-refractivity contribution < 1.29 is 9.50 Å². The van der Waals surface area contributed by atoms with Gasteiger partial charge in [-0.25, -0.2) is 9.37 Å². The molecule has 0 unspecified atom stereocenters. The maximum absolute atomic E-state index is 14.1. The topological polar surface area (TPSA) is 70.1 Å². The molecule has 3 aromatic rings. The van der Waals surface area contributed by atoms with Gasteiger partial charge in [-0.1, -0.05) is 55.8 Å². The van der Waals surface area contributed by atoms with Crippen LogP contribution in [0, 0.1) is 11.7 Å². The van der Waals surface area contributed by atoms with Gasteiger partial charge in [-0.2, -0.15) is 4.98 Å². The number of rotatable bonds is 7. The summed E-state index contributed by atoms with van der Waals surface area (Å²) in [4.78, 5) is 9.00. The molecule has 0 saturated carbocycles. The van der Waals surface area contributed by atoms with Crippen LogP contribution in [0.4, 0.5) is 21.8 Å². The average molecular weight is 401 g/mol. The summed E-state index contributed by atoms with van der Waals surface area (Å²) in [5.74, 6) is 0.502. The van der Waals surface area contributed by atoms with Gasteiger partial charge in [-0.15, -0.1) is 0 Å². The number of nitrogens with one attached hydrogen (secondary N) is 2. The van der Waals surface area contributed by atoms with Crippen LogP contribution in [0.5, 0.6) is 0 Å². The summed E-state index contributed by atoms with van der Waals surface area (Å²) in [5, 5.41) is 16.2. The molecule has 1 aromatic heterocycles. The van der Waals surface area contributed by atoms with Gasteiger partial charge in [-0.3, -0.25) is 0 Å². The molecule has 146 valence electrons. The van der Waals surface area contributed by atoms with E-state index in [1.807, 2.05) is 44.2 Å². The number of halogens is 2. The molecule has 1 atom stereocenters. The first kappa shape index (κ1) is 20.0. The Hall–Kier alpha value is -2.70. The zero-order chi connectivity index (χ0) is 20.1. The summed E-state index contributed by atoms with van der Waals surface area (Å²) in [7, 11) is 0. The molecule has 0 fully saturated rings. The van der Waals surface area contributed by atoms with Crippen molar-refractivity contribution in [3.05, 3.63) is 65.4 Å². The van der Waals surface area contributed by atoms with Gasteiger partial charge in [-0.05, 0) is 24.1 Å². The minimum absolute atomic E-state index is 0.0533. The van der Waals surface area contributed by atoms with Crippen molar-refractivity contribution in [1.29, 1.82) is 0 Å². The third-order valence-corrected chi connectivity index (χ3v) is 4.54. The molecule has 3 N–H and O–H groups in total. The zero-order valence-electron chi connectivity index (χ0n) is 15.7. The Morgan fingerprint density at radius 3 is 2.50 bits per heavy atom. The molecule has 0 radical (unpaired) electrons. The van der Waals surface area contributed by atoms with Crippen molar-refractivity contribution in [2.75, 3.05) is 17.2 Å². The Morgan fingerprint density at radius 1 is 1.07 bits per heavy atom. The van der Waals surface area contributed by atoms with Crippen LogP contribution in [0.1, 0.15) is 13.8 Å². The first-order chi connectivity index (χ1) is 13.5. The van der Waals surface area contributed by atoms with Gasteiger partial charge in [0, 0.05) is 16.7 Å². The lowest BCUT2D eigenvalue weighted by Crippen LogP contribution is -2.30. The Labute approximate surface area is 168 Å². The number of aliphatic hydroxyl groups is 1. The van der Waals surface area contributed by atoms with Crippen molar-refractivity contribution in [3.8, 4) is 11.3 Å². The van der Waals surface area contributed by atoms with Crippen LogP contribution in [-0.4, -0.2) is 27.7 Å². The molecule has 5 nitrogen and oxygen atoms in total. The van der Waals surface area contributed by atoms with Gasteiger partial charge >= 0.3 is 0 Å². The highest BCUT2D eigenvalue weighted by Crippen LogP contribution is 2.27. The zero-order valence-corrected chi connectivity index (χ0v) is 16.4. The van der Waals surface area contributed by atoms with Crippen LogP contribution < -0.4 is 10.6 Å². The summed E-state index contributed by atoms with van der Waals surface area (Å²) in [5.41, 5.74) is 1.79. The number of hydrogen-bond donors (Lipinski definition) is 3. The molecular formula is C21H22ClFN4O. The average Bonchev–Trinajstić information content (AvgIpc) is 2.69.